The summed E-state index contributed by atoms with van der Waals surface area (Å²) in [5, 5.41) is 9.35. The van der Waals surface area contributed by atoms with Crippen LogP contribution in [0.2, 0.25) is 25.7 Å². The highest BCUT2D eigenvalue weighted by Gasteiger charge is 2.15. The van der Waals surface area contributed by atoms with Gasteiger partial charge in [0, 0.05) is 26.4 Å². The minimum absolute atomic E-state index is 0.0588. The van der Waals surface area contributed by atoms with Crippen LogP contribution in [0.5, 0.6) is 0 Å². The van der Waals surface area contributed by atoms with E-state index < -0.39 is 14.0 Å². The van der Waals surface area contributed by atoms with Gasteiger partial charge in [-0.05, 0) is 24.6 Å². The molecule has 5 nitrogen and oxygen atoms in total. The Morgan fingerprint density at radius 1 is 1.24 bits per heavy atom. The van der Waals surface area contributed by atoms with Crippen LogP contribution in [0.4, 0.5) is 0 Å². The summed E-state index contributed by atoms with van der Waals surface area (Å²) >= 11 is 0. The number of carboxylic acids is 1. The molecule has 2 rings (SSSR count). The number of nitrogens with zero attached hydrogens (tertiary/aromatic N) is 1. The highest BCUT2D eigenvalue weighted by molar-refractivity contribution is 6.76. The first kappa shape index (κ1) is 19.1. The van der Waals surface area contributed by atoms with Gasteiger partial charge in [-0.2, -0.15) is 0 Å². The maximum absolute atomic E-state index is 12.7. The molecule has 0 aliphatic carbocycles. The third-order valence-electron chi connectivity index (χ3n) is 3.89. The van der Waals surface area contributed by atoms with E-state index in [1.165, 1.54) is 16.8 Å². The summed E-state index contributed by atoms with van der Waals surface area (Å²) in [7, 11) is -1.21. The lowest BCUT2D eigenvalue weighted by Gasteiger charge is -2.16. The van der Waals surface area contributed by atoms with Crippen LogP contribution < -0.4 is 5.56 Å². The topological polar surface area (TPSA) is 68.5 Å². The first-order chi connectivity index (χ1) is 11.7. The molecular formula is C19H25NO4Si. The second kappa shape index (κ2) is 7.80. The van der Waals surface area contributed by atoms with E-state index in [2.05, 4.69) is 19.6 Å². The smallest absolute Gasteiger partial charge is 0.337 e. The number of aryl methyl sites for hydroxylation is 1. The number of hydrogen-bond acceptors (Lipinski definition) is 3. The third-order valence-corrected chi connectivity index (χ3v) is 5.59. The predicted molar refractivity (Wildman–Crippen MR) is 102 cm³/mol. The van der Waals surface area contributed by atoms with Crippen LogP contribution in [-0.4, -0.2) is 30.3 Å². The number of hydrogen-bond donors (Lipinski definition) is 1. The average Bonchev–Trinajstić information content (AvgIpc) is 2.51. The van der Waals surface area contributed by atoms with Crippen molar-refractivity contribution in [1.29, 1.82) is 0 Å². The molecule has 0 radical (unpaired) electrons. The molecule has 1 N–H and O–H groups in total. The highest BCUT2D eigenvalue weighted by Crippen LogP contribution is 2.18. The lowest BCUT2D eigenvalue weighted by Crippen LogP contribution is -2.26. The van der Waals surface area contributed by atoms with Gasteiger partial charge in [0.2, 0.25) is 0 Å². The van der Waals surface area contributed by atoms with E-state index in [9.17, 15) is 14.7 Å². The second-order valence-electron chi connectivity index (χ2n) is 7.44. The second-order valence-corrected chi connectivity index (χ2v) is 13.1. The molecule has 1 aromatic carbocycles. The Labute approximate surface area is 148 Å². The van der Waals surface area contributed by atoms with Crippen LogP contribution in [0.3, 0.4) is 0 Å². The van der Waals surface area contributed by atoms with Gasteiger partial charge >= 0.3 is 5.97 Å². The molecule has 6 heteroatoms. The number of aromatic nitrogens is 1. The Morgan fingerprint density at radius 3 is 2.56 bits per heavy atom. The van der Waals surface area contributed by atoms with E-state index in [0.717, 1.165) is 11.6 Å². The van der Waals surface area contributed by atoms with Crippen molar-refractivity contribution in [1.82, 2.24) is 4.57 Å². The summed E-state index contributed by atoms with van der Waals surface area (Å²) in [6.07, 6.45) is 1.35. The van der Waals surface area contributed by atoms with E-state index >= 15 is 0 Å². The quantitative estimate of drug-likeness (QED) is 0.602. The van der Waals surface area contributed by atoms with Crippen LogP contribution in [0, 0.1) is 6.92 Å². The fourth-order valence-corrected chi connectivity index (χ4v) is 3.17. The monoisotopic (exact) mass is 359 g/mol. The van der Waals surface area contributed by atoms with Crippen LogP contribution in [0.1, 0.15) is 15.9 Å². The number of carboxylic acid groups (broad SMARTS) is 1. The highest BCUT2D eigenvalue weighted by atomic mass is 28.3. The van der Waals surface area contributed by atoms with Gasteiger partial charge in [-0.25, -0.2) is 4.79 Å². The first-order valence-corrected chi connectivity index (χ1v) is 12.0. The van der Waals surface area contributed by atoms with Crippen LogP contribution in [0.25, 0.3) is 11.1 Å². The number of aromatic carboxylic acids is 1. The third kappa shape index (κ3) is 5.40. The van der Waals surface area contributed by atoms with Crippen LogP contribution >= 0.6 is 0 Å². The minimum Gasteiger partial charge on any atom is -0.478 e. The zero-order chi connectivity index (χ0) is 18.6. The maximum atomic E-state index is 12.7. The van der Waals surface area contributed by atoms with Gasteiger partial charge in [0.05, 0.1) is 5.56 Å². The van der Waals surface area contributed by atoms with Gasteiger partial charge in [-0.3, -0.25) is 9.36 Å². The Balaban J connectivity index is 2.33. The molecule has 0 saturated carbocycles. The summed E-state index contributed by atoms with van der Waals surface area (Å²) < 4.78 is 6.97. The molecule has 0 aliphatic heterocycles. The van der Waals surface area contributed by atoms with Crippen molar-refractivity contribution < 1.29 is 14.6 Å². The Bertz CT molecular complexity index is 821. The molecule has 0 aliphatic rings. The summed E-state index contributed by atoms with van der Waals surface area (Å²) in [5.41, 5.74) is 1.92. The van der Waals surface area contributed by atoms with Crippen LogP contribution in [0.15, 0.2) is 41.3 Å². The van der Waals surface area contributed by atoms with E-state index in [-0.39, 0.29) is 17.9 Å². The summed E-state index contributed by atoms with van der Waals surface area (Å²) in [6.45, 7) is 9.32. The molecule has 0 spiro atoms. The molecule has 134 valence electrons. The zero-order valence-corrected chi connectivity index (χ0v) is 16.2. The molecule has 0 saturated heterocycles. The van der Waals surface area contributed by atoms with Crippen molar-refractivity contribution in [2.45, 2.75) is 39.3 Å². The van der Waals surface area contributed by atoms with Gasteiger partial charge in [-0.15, -0.1) is 0 Å². The summed E-state index contributed by atoms with van der Waals surface area (Å²) in [4.78, 5) is 24.2. The molecule has 2 aromatic rings. The number of rotatable bonds is 7. The summed E-state index contributed by atoms with van der Waals surface area (Å²) in [5.74, 6) is -1.07. The Morgan fingerprint density at radius 2 is 1.96 bits per heavy atom. The standard InChI is InChI=1S/C19H25NO4Si/c1-14-6-5-7-15(10-14)17-11-16(19(22)23)12-20(18(17)21)13-24-8-9-25(2,3)4/h5-7,10-12H,8-9,13H2,1-4H3,(H,22,23). The van der Waals surface area contributed by atoms with Gasteiger partial charge < -0.3 is 9.84 Å². The maximum Gasteiger partial charge on any atom is 0.337 e. The van der Waals surface area contributed by atoms with Gasteiger partial charge in [0.1, 0.15) is 6.73 Å². The van der Waals surface area contributed by atoms with Crippen molar-refractivity contribution in [3.05, 3.63) is 58.0 Å². The largest absolute Gasteiger partial charge is 0.478 e. The molecule has 1 heterocycles. The van der Waals surface area contributed by atoms with Crippen molar-refractivity contribution >= 4 is 14.0 Å². The van der Waals surface area contributed by atoms with E-state index in [0.29, 0.717) is 17.7 Å². The van der Waals surface area contributed by atoms with Crippen molar-refractivity contribution in [3.8, 4) is 11.1 Å². The molecule has 0 unspecified atom stereocenters. The minimum atomic E-state index is -1.21. The lowest BCUT2D eigenvalue weighted by atomic mass is 10.0. The molecule has 0 amide bonds. The number of pyridine rings is 1. The molecule has 25 heavy (non-hydrogen) atoms. The van der Waals surface area contributed by atoms with E-state index in [1.54, 1.807) is 0 Å². The van der Waals surface area contributed by atoms with Gasteiger partial charge in [-0.1, -0.05) is 49.5 Å². The Hall–Kier alpha value is -2.18. The number of ether oxygens (including phenoxy) is 1. The van der Waals surface area contributed by atoms with Crippen molar-refractivity contribution in [2.75, 3.05) is 6.61 Å². The predicted octanol–water partition coefficient (Wildman–Crippen LogP) is 3.83. The SMILES string of the molecule is Cc1cccc(-c2cc(C(=O)O)cn(COCC[Si](C)(C)C)c2=O)c1. The Kier molecular flexibility index (Phi) is 5.97. The molecule has 1 aromatic heterocycles. The molecule has 0 fully saturated rings. The van der Waals surface area contributed by atoms with E-state index in [1.807, 2.05) is 31.2 Å². The van der Waals surface area contributed by atoms with Crippen molar-refractivity contribution in [3.63, 3.8) is 0 Å². The first-order valence-electron chi connectivity index (χ1n) is 8.30. The fraction of sp³-hybridized carbons (Fsp3) is 0.368. The molecule has 0 atom stereocenters. The van der Waals surface area contributed by atoms with Gasteiger partial charge in [0.25, 0.3) is 5.56 Å². The molecule has 0 bridgehead atoms. The van der Waals surface area contributed by atoms with Crippen LogP contribution in [-0.2, 0) is 11.5 Å². The molecular weight excluding hydrogens is 334 g/mol. The number of carbonyl (C=O) groups is 1. The number of benzene rings is 1. The lowest BCUT2D eigenvalue weighted by molar-refractivity contribution is 0.0689. The fourth-order valence-electron chi connectivity index (χ4n) is 2.41. The van der Waals surface area contributed by atoms with Gasteiger partial charge in [0.15, 0.2) is 0 Å². The average molecular weight is 359 g/mol. The normalized spacial score (nSPS) is 11.5. The van der Waals surface area contributed by atoms with E-state index in [4.69, 9.17) is 4.74 Å². The van der Waals surface area contributed by atoms with Crippen molar-refractivity contribution in [2.24, 2.45) is 0 Å². The zero-order valence-electron chi connectivity index (χ0n) is 15.2. The summed E-state index contributed by atoms with van der Waals surface area (Å²) in [6, 6.07) is 9.89.